The number of rotatable bonds is 9. The monoisotopic (exact) mass is 521 g/mol. The van der Waals surface area contributed by atoms with Crippen LogP contribution in [0, 0.1) is 0 Å². The molecule has 0 radical (unpaired) electrons. The molecular weight excluding hydrogens is 490 g/mol. The Balaban J connectivity index is 1.43. The molecule has 2 aromatic carbocycles. The van der Waals surface area contributed by atoms with Crippen LogP contribution in [0.2, 0.25) is 0 Å². The Bertz CT molecular complexity index is 1340. The predicted molar refractivity (Wildman–Crippen MR) is 143 cm³/mol. The molecule has 9 heteroatoms. The third kappa shape index (κ3) is 5.88. The molecule has 2 fully saturated rings. The van der Waals surface area contributed by atoms with Crippen molar-refractivity contribution in [2.75, 3.05) is 19.5 Å². The molecule has 1 aromatic heterocycles. The molecule has 194 valence electrons. The summed E-state index contributed by atoms with van der Waals surface area (Å²) in [5.41, 5.74) is 1.30. The van der Waals surface area contributed by atoms with Crippen molar-refractivity contribution < 1.29 is 19.1 Å². The van der Waals surface area contributed by atoms with E-state index in [2.05, 4.69) is 5.32 Å². The molecule has 1 saturated heterocycles. The molecule has 0 unspecified atom stereocenters. The maximum Gasteiger partial charge on any atom is 0.262 e. The first-order chi connectivity index (χ1) is 18.0. The molecule has 8 nitrogen and oxygen atoms in total. The summed E-state index contributed by atoms with van der Waals surface area (Å²) in [5, 5.41) is 3.98. The maximum absolute atomic E-state index is 13.5. The van der Waals surface area contributed by atoms with E-state index in [1.54, 1.807) is 54.1 Å². The summed E-state index contributed by atoms with van der Waals surface area (Å²) in [5.74, 6) is 0.578. The number of hydrogen-bond acceptors (Lipinski definition) is 7. The fourth-order valence-electron chi connectivity index (χ4n) is 4.93. The zero-order valence-electron chi connectivity index (χ0n) is 20.9. The van der Waals surface area contributed by atoms with Gasteiger partial charge in [0.25, 0.3) is 11.5 Å². The minimum Gasteiger partial charge on any atom is -0.497 e. The van der Waals surface area contributed by atoms with Crippen molar-refractivity contribution in [3.63, 3.8) is 0 Å². The van der Waals surface area contributed by atoms with E-state index in [0.717, 1.165) is 38.5 Å². The van der Waals surface area contributed by atoms with Gasteiger partial charge in [-0.1, -0.05) is 24.6 Å². The highest BCUT2D eigenvalue weighted by Crippen LogP contribution is 2.24. The minimum atomic E-state index is -0.192. The number of ketones is 1. The van der Waals surface area contributed by atoms with Crippen molar-refractivity contribution in [2.24, 2.45) is 0 Å². The Morgan fingerprint density at radius 1 is 1.08 bits per heavy atom. The quantitative estimate of drug-likeness (QED) is 0.256. The number of amides is 1. The van der Waals surface area contributed by atoms with E-state index in [-0.39, 0.29) is 35.1 Å². The molecule has 5 rings (SSSR count). The summed E-state index contributed by atoms with van der Waals surface area (Å²) < 4.78 is 12.6. The Kier molecular flexibility index (Phi) is 7.90. The van der Waals surface area contributed by atoms with Crippen LogP contribution in [0.25, 0.3) is 10.9 Å². The molecule has 0 bridgehead atoms. The fraction of sp³-hybridized carbons (Fsp3) is 0.429. The molecule has 1 N–H and O–H groups in total. The van der Waals surface area contributed by atoms with Crippen molar-refractivity contribution in [3.8, 4) is 5.75 Å². The normalized spacial score (nSPS) is 17.8. The molecule has 3 aromatic rings. The number of nitrogens with one attached hydrogen (secondary N) is 1. The van der Waals surface area contributed by atoms with Crippen LogP contribution in [0.15, 0.2) is 52.4 Å². The van der Waals surface area contributed by atoms with E-state index in [4.69, 9.17) is 14.5 Å². The lowest BCUT2D eigenvalue weighted by Gasteiger charge is -2.17. The highest BCUT2D eigenvalue weighted by atomic mass is 32.2. The number of thioether (sulfide) groups is 1. The number of benzene rings is 2. The van der Waals surface area contributed by atoms with E-state index in [1.807, 2.05) is 0 Å². The molecule has 1 aliphatic heterocycles. The van der Waals surface area contributed by atoms with Gasteiger partial charge in [-0.2, -0.15) is 0 Å². The standard InChI is InChI=1S/C28H31N3O5S/c1-35-21-11-8-18(9-12-21)25(32)17-37-28-30-24-15-19(26(33)29-20-5-2-3-6-20)10-13-23(24)27(34)31(28)16-22-7-4-14-36-22/h8-13,15,20,22H,2-7,14,16-17H2,1H3,(H,29,33)/t22-/m1/s1. The molecule has 2 aliphatic rings. The molecule has 1 amide bonds. The molecule has 1 aliphatic carbocycles. The Hall–Kier alpha value is -3.17. The van der Waals surface area contributed by atoms with Crippen LogP contribution in [0.3, 0.4) is 0 Å². The van der Waals surface area contributed by atoms with Gasteiger partial charge in [0, 0.05) is 23.8 Å². The zero-order chi connectivity index (χ0) is 25.8. The molecular formula is C28H31N3O5S. The second kappa shape index (κ2) is 11.5. The molecule has 2 heterocycles. The summed E-state index contributed by atoms with van der Waals surface area (Å²) in [6.07, 6.45) is 6.01. The van der Waals surface area contributed by atoms with Gasteiger partial charge in [0.05, 0.1) is 36.4 Å². The van der Waals surface area contributed by atoms with Gasteiger partial charge < -0.3 is 14.8 Å². The molecule has 0 spiro atoms. The number of carbonyl (C=O) groups excluding carboxylic acids is 2. The third-order valence-electron chi connectivity index (χ3n) is 7.03. The topological polar surface area (TPSA) is 99.5 Å². The SMILES string of the molecule is COc1ccc(C(=O)CSc2nc3cc(C(=O)NC4CCCC4)ccc3c(=O)n2C[C@H]2CCCO2)cc1. The summed E-state index contributed by atoms with van der Waals surface area (Å²) in [4.78, 5) is 44.0. The van der Waals surface area contributed by atoms with Gasteiger partial charge in [-0.15, -0.1) is 0 Å². The number of fused-ring (bicyclic) bond motifs is 1. The van der Waals surface area contributed by atoms with Gasteiger partial charge >= 0.3 is 0 Å². The summed E-state index contributed by atoms with van der Waals surface area (Å²) in [7, 11) is 1.58. The number of methoxy groups -OCH3 is 1. The average molecular weight is 522 g/mol. The summed E-state index contributed by atoms with van der Waals surface area (Å²) in [6, 6.07) is 12.2. The molecule has 37 heavy (non-hydrogen) atoms. The fourth-order valence-corrected chi connectivity index (χ4v) is 5.84. The first-order valence-corrected chi connectivity index (χ1v) is 13.8. The molecule has 1 saturated carbocycles. The number of aromatic nitrogens is 2. The number of nitrogens with zero attached hydrogens (tertiary/aromatic N) is 2. The third-order valence-corrected chi connectivity index (χ3v) is 8.00. The average Bonchev–Trinajstić information content (AvgIpc) is 3.63. The highest BCUT2D eigenvalue weighted by molar-refractivity contribution is 7.99. The van der Waals surface area contributed by atoms with Gasteiger partial charge in [0.2, 0.25) is 0 Å². The second-order valence-corrected chi connectivity index (χ2v) is 10.5. The van der Waals surface area contributed by atoms with Crippen LogP contribution < -0.4 is 15.6 Å². The van der Waals surface area contributed by atoms with Crippen molar-refractivity contribution >= 4 is 34.4 Å². The largest absolute Gasteiger partial charge is 0.497 e. The Morgan fingerprint density at radius 2 is 1.84 bits per heavy atom. The number of ether oxygens (including phenoxy) is 2. The number of Topliss-reactive ketones (excluding diaryl/α,β-unsaturated/α-hetero) is 1. The van der Waals surface area contributed by atoms with Crippen LogP contribution in [-0.2, 0) is 11.3 Å². The van der Waals surface area contributed by atoms with Gasteiger partial charge in [0.1, 0.15) is 5.75 Å². The lowest BCUT2D eigenvalue weighted by molar-refractivity contribution is 0.0935. The number of hydrogen-bond donors (Lipinski definition) is 1. The smallest absolute Gasteiger partial charge is 0.262 e. The summed E-state index contributed by atoms with van der Waals surface area (Å²) in [6.45, 7) is 1.06. The summed E-state index contributed by atoms with van der Waals surface area (Å²) >= 11 is 1.23. The highest BCUT2D eigenvalue weighted by Gasteiger charge is 2.22. The van der Waals surface area contributed by atoms with Crippen LogP contribution in [0.1, 0.15) is 59.2 Å². The first kappa shape index (κ1) is 25.5. The van der Waals surface area contributed by atoms with Crippen LogP contribution >= 0.6 is 11.8 Å². The van der Waals surface area contributed by atoms with E-state index >= 15 is 0 Å². The van der Waals surface area contributed by atoms with Crippen LogP contribution in [0.5, 0.6) is 5.75 Å². The van der Waals surface area contributed by atoms with E-state index in [0.29, 0.717) is 46.1 Å². The van der Waals surface area contributed by atoms with Crippen molar-refractivity contribution in [1.29, 1.82) is 0 Å². The Labute approximate surface area is 219 Å². The molecule has 1 atom stereocenters. The Morgan fingerprint density at radius 3 is 2.54 bits per heavy atom. The van der Waals surface area contributed by atoms with Crippen LogP contribution in [-0.4, -0.2) is 52.9 Å². The van der Waals surface area contributed by atoms with Gasteiger partial charge in [-0.3, -0.25) is 19.0 Å². The van der Waals surface area contributed by atoms with Crippen molar-refractivity contribution in [1.82, 2.24) is 14.9 Å². The minimum absolute atomic E-state index is 0.0648. The van der Waals surface area contributed by atoms with Gasteiger partial charge in [-0.05, 0) is 68.1 Å². The van der Waals surface area contributed by atoms with Gasteiger partial charge in [0.15, 0.2) is 10.9 Å². The van der Waals surface area contributed by atoms with E-state index < -0.39 is 0 Å². The maximum atomic E-state index is 13.5. The zero-order valence-corrected chi connectivity index (χ0v) is 21.7. The van der Waals surface area contributed by atoms with E-state index in [1.165, 1.54) is 11.8 Å². The predicted octanol–water partition coefficient (Wildman–Crippen LogP) is 4.23. The van der Waals surface area contributed by atoms with E-state index in [9.17, 15) is 14.4 Å². The van der Waals surface area contributed by atoms with Crippen molar-refractivity contribution in [3.05, 3.63) is 63.9 Å². The lowest BCUT2D eigenvalue weighted by atomic mass is 10.1. The lowest BCUT2D eigenvalue weighted by Crippen LogP contribution is -2.32. The van der Waals surface area contributed by atoms with Crippen LogP contribution in [0.4, 0.5) is 0 Å². The second-order valence-electron chi connectivity index (χ2n) is 9.57. The van der Waals surface area contributed by atoms with Crippen molar-refractivity contribution in [2.45, 2.75) is 62.4 Å². The number of carbonyl (C=O) groups is 2. The first-order valence-electron chi connectivity index (χ1n) is 12.8. The van der Waals surface area contributed by atoms with Gasteiger partial charge in [-0.25, -0.2) is 4.98 Å².